The van der Waals surface area contributed by atoms with Gasteiger partial charge in [-0.15, -0.1) is 6.58 Å². The Kier molecular flexibility index (Phi) is 7.25. The third-order valence-corrected chi connectivity index (χ3v) is 3.57. The highest BCUT2D eigenvalue weighted by atomic mass is 16.4. The first-order chi connectivity index (χ1) is 9.61. The van der Waals surface area contributed by atoms with Crippen molar-refractivity contribution >= 4 is 11.9 Å². The van der Waals surface area contributed by atoms with Crippen LogP contribution in [0, 0.1) is 0 Å². The van der Waals surface area contributed by atoms with Crippen LogP contribution >= 0.6 is 0 Å². The van der Waals surface area contributed by atoms with Gasteiger partial charge in [0.25, 0.3) is 0 Å². The van der Waals surface area contributed by atoms with Gasteiger partial charge in [-0.1, -0.05) is 12.5 Å². The second-order valence-electron chi connectivity index (χ2n) is 5.06. The molecule has 0 spiro atoms. The molecule has 6 nitrogen and oxygen atoms in total. The number of carboxylic acid groups (broad SMARTS) is 1. The lowest BCUT2D eigenvalue weighted by Crippen LogP contribution is -2.50. The lowest BCUT2D eigenvalue weighted by Gasteiger charge is -2.27. The molecule has 114 valence electrons. The minimum atomic E-state index is -0.916. The largest absolute Gasteiger partial charge is 0.480 e. The average molecular weight is 283 g/mol. The molecule has 1 aliphatic rings. The molecule has 1 aliphatic heterocycles. The van der Waals surface area contributed by atoms with Gasteiger partial charge in [0.05, 0.1) is 6.04 Å². The number of likely N-dealkylation sites (tertiary alicyclic amines) is 1. The van der Waals surface area contributed by atoms with E-state index >= 15 is 0 Å². The lowest BCUT2D eigenvalue weighted by molar-refractivity contribution is -0.149. The molecule has 0 saturated carbocycles. The average Bonchev–Trinajstić information content (AvgIpc) is 2.91. The van der Waals surface area contributed by atoms with Crippen molar-refractivity contribution in [3.05, 3.63) is 12.7 Å². The zero-order valence-electron chi connectivity index (χ0n) is 11.9. The summed E-state index contributed by atoms with van der Waals surface area (Å²) in [5.74, 6) is -1.03. The third-order valence-electron chi connectivity index (χ3n) is 3.57. The Morgan fingerprint density at radius 2 is 2.25 bits per heavy atom. The molecule has 1 rings (SSSR count). The van der Waals surface area contributed by atoms with E-state index in [9.17, 15) is 9.59 Å². The summed E-state index contributed by atoms with van der Waals surface area (Å²) in [5, 5.41) is 12.3. The number of hydrogen-bond acceptors (Lipinski definition) is 4. The van der Waals surface area contributed by atoms with E-state index in [0.717, 1.165) is 19.3 Å². The quantitative estimate of drug-likeness (QED) is 0.419. The minimum Gasteiger partial charge on any atom is -0.480 e. The fourth-order valence-electron chi connectivity index (χ4n) is 2.52. The summed E-state index contributed by atoms with van der Waals surface area (Å²) in [6.45, 7) is 5.29. The van der Waals surface area contributed by atoms with E-state index < -0.39 is 12.0 Å². The number of carbonyl (C=O) groups excluding carboxylic acids is 1. The van der Waals surface area contributed by atoms with Crippen molar-refractivity contribution < 1.29 is 14.7 Å². The van der Waals surface area contributed by atoms with Gasteiger partial charge in [0.1, 0.15) is 6.04 Å². The van der Waals surface area contributed by atoms with Crippen LogP contribution in [0.25, 0.3) is 0 Å². The molecule has 1 heterocycles. The van der Waals surface area contributed by atoms with Crippen LogP contribution in [0.5, 0.6) is 0 Å². The van der Waals surface area contributed by atoms with Gasteiger partial charge in [-0.25, -0.2) is 4.79 Å². The second-order valence-corrected chi connectivity index (χ2v) is 5.06. The Hall–Kier alpha value is -1.40. The molecule has 20 heavy (non-hydrogen) atoms. The first kappa shape index (κ1) is 16.7. The molecule has 1 amide bonds. The van der Waals surface area contributed by atoms with E-state index in [0.29, 0.717) is 32.5 Å². The van der Waals surface area contributed by atoms with Crippen LogP contribution in [-0.4, -0.2) is 53.6 Å². The molecule has 2 atom stereocenters. The summed E-state index contributed by atoms with van der Waals surface area (Å²) >= 11 is 0. The molecule has 0 bridgehead atoms. The van der Waals surface area contributed by atoms with Crippen LogP contribution in [0.15, 0.2) is 12.7 Å². The standard InChI is InChI=1S/C14H25N3O3/c1-2-9-16-11(6-3-4-8-15)13(18)17-10-5-7-12(17)14(19)20/h2,11-12,16H,1,3-10,15H2,(H,19,20)/t11-,12-/m0/s1. The van der Waals surface area contributed by atoms with Crippen molar-refractivity contribution in [2.45, 2.75) is 44.2 Å². The van der Waals surface area contributed by atoms with E-state index in [2.05, 4.69) is 11.9 Å². The predicted molar refractivity (Wildman–Crippen MR) is 77.3 cm³/mol. The number of nitrogens with zero attached hydrogens (tertiary/aromatic N) is 1. The van der Waals surface area contributed by atoms with Gasteiger partial charge in [-0.3, -0.25) is 4.79 Å². The number of hydrogen-bond donors (Lipinski definition) is 3. The maximum absolute atomic E-state index is 12.5. The molecule has 0 aliphatic carbocycles. The van der Waals surface area contributed by atoms with Crippen molar-refractivity contribution in [2.24, 2.45) is 5.73 Å². The number of aliphatic carboxylic acids is 1. The van der Waals surface area contributed by atoms with Crippen LogP contribution < -0.4 is 11.1 Å². The van der Waals surface area contributed by atoms with Gasteiger partial charge in [0.2, 0.25) is 5.91 Å². The first-order valence-electron chi connectivity index (χ1n) is 7.19. The Labute approximate surface area is 120 Å². The zero-order chi connectivity index (χ0) is 15.0. The van der Waals surface area contributed by atoms with E-state index in [1.54, 1.807) is 6.08 Å². The topological polar surface area (TPSA) is 95.7 Å². The molecule has 0 aromatic rings. The fraction of sp³-hybridized carbons (Fsp3) is 0.714. The summed E-state index contributed by atoms with van der Waals surface area (Å²) in [6.07, 6.45) is 5.37. The van der Waals surface area contributed by atoms with Crippen LogP contribution in [0.2, 0.25) is 0 Å². The molecule has 1 fully saturated rings. The third kappa shape index (κ3) is 4.61. The minimum absolute atomic E-state index is 0.117. The number of nitrogens with two attached hydrogens (primary N) is 1. The van der Waals surface area contributed by atoms with Crippen molar-refractivity contribution in [1.29, 1.82) is 0 Å². The molecule has 0 radical (unpaired) electrons. The molecule has 0 unspecified atom stereocenters. The summed E-state index contributed by atoms with van der Waals surface area (Å²) in [7, 11) is 0. The molecule has 1 saturated heterocycles. The highest BCUT2D eigenvalue weighted by Crippen LogP contribution is 2.19. The van der Waals surface area contributed by atoms with Crippen molar-refractivity contribution in [3.8, 4) is 0 Å². The molecule has 6 heteroatoms. The molecule has 0 aromatic heterocycles. The van der Waals surface area contributed by atoms with E-state index in [1.807, 2.05) is 0 Å². The highest BCUT2D eigenvalue weighted by Gasteiger charge is 2.36. The van der Waals surface area contributed by atoms with Gasteiger partial charge in [0, 0.05) is 13.1 Å². The van der Waals surface area contributed by atoms with Crippen molar-refractivity contribution in [1.82, 2.24) is 10.2 Å². The maximum Gasteiger partial charge on any atom is 0.326 e. The van der Waals surface area contributed by atoms with Crippen LogP contribution in [0.1, 0.15) is 32.1 Å². The number of carboxylic acids is 1. The number of rotatable bonds is 9. The number of amides is 1. The Bertz CT molecular complexity index is 347. The summed E-state index contributed by atoms with van der Waals surface area (Å²) in [4.78, 5) is 25.2. The normalized spacial score (nSPS) is 19.9. The molecule has 0 aromatic carbocycles. The molecule has 4 N–H and O–H groups in total. The van der Waals surface area contributed by atoms with Crippen LogP contribution in [0.3, 0.4) is 0 Å². The SMILES string of the molecule is C=CCN[C@@H](CCCCN)C(=O)N1CCC[C@H]1C(=O)O. The van der Waals surface area contributed by atoms with E-state index in [1.165, 1.54) is 4.90 Å². The highest BCUT2D eigenvalue weighted by molar-refractivity contribution is 5.87. The van der Waals surface area contributed by atoms with Gasteiger partial charge in [-0.05, 0) is 32.2 Å². The summed E-state index contributed by atoms with van der Waals surface area (Å²) in [6, 6.07) is -1.02. The van der Waals surface area contributed by atoms with Gasteiger partial charge >= 0.3 is 5.97 Å². The zero-order valence-corrected chi connectivity index (χ0v) is 11.9. The van der Waals surface area contributed by atoms with Gasteiger partial charge in [0.15, 0.2) is 0 Å². The number of unbranched alkanes of at least 4 members (excludes halogenated alkanes) is 1. The smallest absolute Gasteiger partial charge is 0.326 e. The molecular formula is C14H25N3O3. The monoisotopic (exact) mass is 283 g/mol. The van der Waals surface area contributed by atoms with E-state index in [4.69, 9.17) is 10.8 Å². The molecular weight excluding hydrogens is 258 g/mol. The Morgan fingerprint density at radius 1 is 1.50 bits per heavy atom. The summed E-state index contributed by atoms with van der Waals surface area (Å²) in [5.41, 5.74) is 5.47. The Balaban J connectivity index is 2.64. The van der Waals surface area contributed by atoms with Crippen LogP contribution in [-0.2, 0) is 9.59 Å². The maximum atomic E-state index is 12.5. The number of nitrogens with one attached hydrogen (secondary N) is 1. The number of carbonyl (C=O) groups is 2. The van der Waals surface area contributed by atoms with E-state index in [-0.39, 0.29) is 11.9 Å². The Morgan fingerprint density at radius 3 is 2.85 bits per heavy atom. The van der Waals surface area contributed by atoms with Gasteiger partial charge in [-0.2, -0.15) is 0 Å². The summed E-state index contributed by atoms with van der Waals surface area (Å²) < 4.78 is 0. The second kappa shape index (κ2) is 8.71. The first-order valence-corrected chi connectivity index (χ1v) is 7.19. The predicted octanol–water partition coefficient (Wildman–Crippen LogP) is 0.335. The van der Waals surface area contributed by atoms with Gasteiger partial charge < -0.3 is 21.1 Å². The van der Waals surface area contributed by atoms with Crippen molar-refractivity contribution in [3.63, 3.8) is 0 Å². The van der Waals surface area contributed by atoms with Crippen molar-refractivity contribution in [2.75, 3.05) is 19.6 Å². The lowest BCUT2D eigenvalue weighted by atomic mass is 10.1. The van der Waals surface area contributed by atoms with Crippen LogP contribution in [0.4, 0.5) is 0 Å². The fourth-order valence-corrected chi connectivity index (χ4v) is 2.52.